The number of nitriles is 1. The molecule has 0 bridgehead atoms. The smallest absolute Gasteiger partial charge is 0.217 e. The molecule has 3 aromatic carbocycles. The van der Waals surface area contributed by atoms with Crippen LogP contribution in [0.1, 0.15) is 84.9 Å². The number of hydrogen-bond acceptors (Lipinski definition) is 9. The average molecular weight is 837 g/mol. The number of ether oxygens (including phenoxy) is 3. The Kier molecular flexibility index (Phi) is 14.4. The second-order valence-electron chi connectivity index (χ2n) is 15.4. The summed E-state index contributed by atoms with van der Waals surface area (Å²) in [4.78, 5) is 20.5. The molecular formula is C46H51Cl2N7O4. The molecule has 308 valence electrons. The SMILES string of the molecule is CC(=O)NC1CCN(CCCOc2cccc(-c3cccc(COc4cc(OCc5cncc(C#N)c5)c(CN5CCCCC5c5cn[nH]c5)cc4Cl)c3C)c2Cl)CC1. The number of piperidine rings is 2. The van der Waals surface area contributed by atoms with E-state index >= 15 is 0 Å². The van der Waals surface area contributed by atoms with E-state index in [4.69, 9.17) is 37.4 Å². The molecule has 2 aliphatic rings. The van der Waals surface area contributed by atoms with Gasteiger partial charge >= 0.3 is 0 Å². The molecule has 0 radical (unpaired) electrons. The Balaban J connectivity index is 1.03. The number of likely N-dealkylation sites (tertiary alicyclic amines) is 2. The highest BCUT2D eigenvalue weighted by atomic mass is 35.5. The van der Waals surface area contributed by atoms with Crippen LogP contribution in [0.2, 0.25) is 10.0 Å². The van der Waals surface area contributed by atoms with E-state index in [1.165, 1.54) is 11.8 Å². The summed E-state index contributed by atoms with van der Waals surface area (Å²) < 4.78 is 19.2. The van der Waals surface area contributed by atoms with E-state index in [2.05, 4.69) is 49.4 Å². The highest BCUT2D eigenvalue weighted by Crippen LogP contribution is 2.40. The van der Waals surface area contributed by atoms with Gasteiger partial charge in [0.05, 0.1) is 28.4 Å². The van der Waals surface area contributed by atoms with Crippen LogP contribution in [0.5, 0.6) is 17.2 Å². The van der Waals surface area contributed by atoms with Crippen molar-refractivity contribution in [1.29, 1.82) is 5.26 Å². The van der Waals surface area contributed by atoms with Gasteiger partial charge in [-0.25, -0.2) is 0 Å². The summed E-state index contributed by atoms with van der Waals surface area (Å²) in [5, 5.41) is 20.7. The number of hydrogen-bond donors (Lipinski definition) is 2. The maximum absolute atomic E-state index is 11.4. The third kappa shape index (κ3) is 10.9. The van der Waals surface area contributed by atoms with Gasteiger partial charge in [-0.15, -0.1) is 0 Å². The number of carbonyl (C=O) groups excluding carboxylic acids is 1. The van der Waals surface area contributed by atoms with E-state index in [9.17, 15) is 10.1 Å². The minimum atomic E-state index is 0.0394. The third-order valence-corrected chi connectivity index (χ3v) is 12.0. The van der Waals surface area contributed by atoms with Crippen molar-refractivity contribution in [2.45, 2.75) is 84.2 Å². The fourth-order valence-corrected chi connectivity index (χ4v) is 8.65. The topological polar surface area (TPSA) is 129 Å². The Labute approximate surface area is 356 Å². The fraction of sp³-hybridized carbons (Fsp3) is 0.391. The predicted octanol–water partition coefficient (Wildman–Crippen LogP) is 9.21. The molecule has 0 aliphatic carbocycles. The zero-order valence-corrected chi connectivity index (χ0v) is 35.2. The van der Waals surface area contributed by atoms with Crippen molar-refractivity contribution in [1.82, 2.24) is 30.3 Å². The summed E-state index contributed by atoms with van der Waals surface area (Å²) in [6.07, 6.45) is 13.2. The molecule has 0 saturated carbocycles. The van der Waals surface area contributed by atoms with Crippen LogP contribution in [-0.2, 0) is 24.6 Å². The molecule has 2 N–H and O–H groups in total. The summed E-state index contributed by atoms with van der Waals surface area (Å²) in [7, 11) is 0. The molecular weight excluding hydrogens is 785 g/mol. The van der Waals surface area contributed by atoms with Crippen LogP contribution in [0.3, 0.4) is 0 Å². The molecule has 2 aliphatic heterocycles. The number of nitrogens with one attached hydrogen (secondary N) is 2. The van der Waals surface area contributed by atoms with Crippen molar-refractivity contribution in [2.75, 3.05) is 32.8 Å². The summed E-state index contributed by atoms with van der Waals surface area (Å²) in [6, 6.07) is 20.3. The fourth-order valence-electron chi connectivity index (χ4n) is 8.13. The van der Waals surface area contributed by atoms with Gasteiger partial charge in [-0.3, -0.25) is 19.8 Å². The molecule has 2 aromatic heterocycles. The molecule has 0 spiro atoms. The Morgan fingerprint density at radius 2 is 1.73 bits per heavy atom. The molecule has 2 fully saturated rings. The van der Waals surface area contributed by atoms with Crippen LogP contribution in [0, 0.1) is 18.3 Å². The van der Waals surface area contributed by atoms with Crippen molar-refractivity contribution in [3.05, 3.63) is 123 Å². The third-order valence-electron chi connectivity index (χ3n) is 11.3. The van der Waals surface area contributed by atoms with Gasteiger partial charge in [0.1, 0.15) is 36.5 Å². The van der Waals surface area contributed by atoms with E-state index in [1.54, 1.807) is 19.2 Å². The van der Waals surface area contributed by atoms with Gasteiger partial charge in [0.15, 0.2) is 0 Å². The monoisotopic (exact) mass is 835 g/mol. The molecule has 1 atom stereocenters. The number of nitrogens with zero attached hydrogens (tertiary/aromatic N) is 5. The number of halogens is 2. The second-order valence-corrected chi connectivity index (χ2v) is 16.2. The highest BCUT2D eigenvalue weighted by molar-refractivity contribution is 6.35. The number of amides is 1. The molecule has 1 unspecified atom stereocenters. The van der Waals surface area contributed by atoms with Crippen molar-refractivity contribution in [3.8, 4) is 34.4 Å². The van der Waals surface area contributed by atoms with Crippen LogP contribution in [0.25, 0.3) is 11.1 Å². The summed E-state index contributed by atoms with van der Waals surface area (Å²) in [5.74, 6) is 1.86. The lowest BCUT2D eigenvalue weighted by atomic mass is 9.96. The lowest BCUT2D eigenvalue weighted by Gasteiger charge is -2.35. The van der Waals surface area contributed by atoms with Gasteiger partial charge in [0, 0.05) is 92.1 Å². The number of aromatic nitrogens is 3. The zero-order valence-electron chi connectivity index (χ0n) is 33.7. The first-order chi connectivity index (χ1) is 28.7. The van der Waals surface area contributed by atoms with Gasteiger partial charge in [-0.05, 0) is 80.5 Å². The summed E-state index contributed by atoms with van der Waals surface area (Å²) in [5.41, 5.74) is 7.30. The Morgan fingerprint density at radius 1 is 0.915 bits per heavy atom. The first kappa shape index (κ1) is 42.0. The van der Waals surface area contributed by atoms with Gasteiger partial charge in [-0.2, -0.15) is 10.4 Å². The van der Waals surface area contributed by atoms with Crippen LogP contribution in [-0.4, -0.2) is 69.7 Å². The minimum Gasteiger partial charge on any atom is -0.492 e. The lowest BCUT2D eigenvalue weighted by Crippen LogP contribution is -2.44. The van der Waals surface area contributed by atoms with Gasteiger partial charge in [0.25, 0.3) is 0 Å². The van der Waals surface area contributed by atoms with Crippen molar-refractivity contribution < 1.29 is 19.0 Å². The lowest BCUT2D eigenvalue weighted by molar-refractivity contribution is -0.119. The number of benzene rings is 3. The first-order valence-electron chi connectivity index (χ1n) is 20.4. The van der Waals surface area contributed by atoms with Crippen molar-refractivity contribution in [3.63, 3.8) is 0 Å². The summed E-state index contributed by atoms with van der Waals surface area (Å²) in [6.45, 7) is 9.16. The van der Waals surface area contributed by atoms with E-state index in [0.29, 0.717) is 46.0 Å². The maximum atomic E-state index is 11.4. The molecule has 13 heteroatoms. The van der Waals surface area contributed by atoms with Crippen molar-refractivity contribution in [2.24, 2.45) is 0 Å². The predicted molar refractivity (Wildman–Crippen MR) is 230 cm³/mol. The highest BCUT2D eigenvalue weighted by Gasteiger charge is 2.27. The average Bonchev–Trinajstić information content (AvgIpc) is 3.79. The molecule has 4 heterocycles. The standard InChI is InChI=1S/C46H51Cl2N7O4/c1-31-35(8-5-9-39(31)40-10-6-12-43(46(40)48)57-19-7-15-54-17-13-38(14-18-54)53-32(2)56)30-59-45-22-44(58-29-34-20-33(23-49)24-50-25-34)36(21-41(45)47)28-55-16-4-3-11-42(55)37-26-51-52-27-37/h5-6,8-10,12,20-22,24-27,38,42H,3-4,7,11,13-19,28-30H2,1-2H3,(H,51,52)(H,53,56). The molecule has 1 amide bonds. The molecule has 5 aromatic rings. The van der Waals surface area contributed by atoms with Crippen LogP contribution >= 0.6 is 23.2 Å². The molecule has 2 saturated heterocycles. The van der Waals surface area contributed by atoms with Gasteiger partial charge in [-0.1, -0.05) is 60.0 Å². The van der Waals surface area contributed by atoms with Crippen molar-refractivity contribution >= 4 is 29.1 Å². The quantitative estimate of drug-likeness (QED) is 0.0936. The largest absolute Gasteiger partial charge is 0.492 e. The number of rotatable bonds is 16. The van der Waals surface area contributed by atoms with E-state index in [-0.39, 0.29) is 31.2 Å². The molecule has 11 nitrogen and oxygen atoms in total. The van der Waals surface area contributed by atoms with Crippen LogP contribution in [0.15, 0.2) is 79.4 Å². The zero-order chi connectivity index (χ0) is 41.1. The van der Waals surface area contributed by atoms with E-state index in [0.717, 1.165) is 98.1 Å². The normalized spacial score (nSPS) is 16.4. The number of pyridine rings is 1. The Hall–Kier alpha value is -5.12. The van der Waals surface area contributed by atoms with Gasteiger partial charge < -0.3 is 24.4 Å². The van der Waals surface area contributed by atoms with E-state index < -0.39 is 0 Å². The van der Waals surface area contributed by atoms with Gasteiger partial charge in [0.2, 0.25) is 5.91 Å². The molecule has 7 rings (SSSR count). The Bertz CT molecular complexity index is 2240. The number of aromatic amines is 1. The second kappa shape index (κ2) is 20.2. The minimum absolute atomic E-state index is 0.0394. The molecule has 59 heavy (non-hydrogen) atoms. The number of carbonyl (C=O) groups is 1. The summed E-state index contributed by atoms with van der Waals surface area (Å²) >= 11 is 14.0. The number of H-pyrrole nitrogens is 1. The maximum Gasteiger partial charge on any atom is 0.217 e. The Morgan fingerprint density at radius 3 is 2.53 bits per heavy atom. The van der Waals surface area contributed by atoms with Crippen LogP contribution < -0.4 is 19.5 Å². The first-order valence-corrected chi connectivity index (χ1v) is 21.2. The van der Waals surface area contributed by atoms with Crippen LogP contribution in [0.4, 0.5) is 0 Å². The van der Waals surface area contributed by atoms with E-state index in [1.807, 2.05) is 54.9 Å².